The van der Waals surface area contributed by atoms with Crippen LogP contribution in [0.15, 0.2) is 18.2 Å². The van der Waals surface area contributed by atoms with E-state index < -0.39 is 0 Å². The van der Waals surface area contributed by atoms with E-state index >= 15 is 0 Å². The van der Waals surface area contributed by atoms with Gasteiger partial charge in [-0.2, -0.15) is 0 Å². The van der Waals surface area contributed by atoms with Crippen LogP contribution < -0.4 is 10.2 Å². The zero-order chi connectivity index (χ0) is 12.7. The molecular formula is C14H18N2O2. The number of rotatable bonds is 1. The second-order valence-electron chi connectivity index (χ2n) is 5.14. The summed E-state index contributed by atoms with van der Waals surface area (Å²) >= 11 is 0. The number of aryl methyl sites for hydroxylation is 2. The lowest BCUT2D eigenvalue weighted by molar-refractivity contribution is 0.121. The lowest BCUT2D eigenvalue weighted by Gasteiger charge is -2.29. The Morgan fingerprint density at radius 3 is 3.00 bits per heavy atom. The van der Waals surface area contributed by atoms with Crippen molar-refractivity contribution in [1.82, 2.24) is 5.32 Å². The minimum absolute atomic E-state index is 0.00745. The highest BCUT2D eigenvalue weighted by molar-refractivity contribution is 5.91. The Morgan fingerprint density at radius 2 is 2.22 bits per heavy atom. The molecule has 2 fully saturated rings. The monoisotopic (exact) mass is 246 g/mol. The molecule has 1 aromatic rings. The highest BCUT2D eigenvalue weighted by Crippen LogP contribution is 2.32. The first kappa shape index (κ1) is 11.5. The Kier molecular flexibility index (Phi) is 2.74. The van der Waals surface area contributed by atoms with Crippen molar-refractivity contribution in [2.24, 2.45) is 0 Å². The van der Waals surface area contributed by atoms with Gasteiger partial charge in [-0.25, -0.2) is 4.79 Å². The van der Waals surface area contributed by atoms with Crippen LogP contribution in [0.5, 0.6) is 0 Å². The third-order valence-electron chi connectivity index (χ3n) is 3.78. The molecule has 0 bridgehead atoms. The zero-order valence-corrected chi connectivity index (χ0v) is 10.8. The van der Waals surface area contributed by atoms with Gasteiger partial charge in [0.1, 0.15) is 6.10 Å². The second kappa shape index (κ2) is 4.28. The number of hydrogen-bond acceptors (Lipinski definition) is 3. The molecule has 0 aliphatic carbocycles. The van der Waals surface area contributed by atoms with E-state index in [2.05, 4.69) is 18.3 Å². The van der Waals surface area contributed by atoms with Crippen LogP contribution in [0, 0.1) is 13.8 Å². The van der Waals surface area contributed by atoms with Gasteiger partial charge in [0.15, 0.2) is 0 Å². The Labute approximate surface area is 107 Å². The normalized spacial score (nSPS) is 27.0. The van der Waals surface area contributed by atoms with Gasteiger partial charge >= 0.3 is 6.09 Å². The van der Waals surface area contributed by atoms with Crippen LogP contribution in [0.4, 0.5) is 10.5 Å². The summed E-state index contributed by atoms with van der Waals surface area (Å²) < 4.78 is 5.44. The molecular weight excluding hydrogens is 228 g/mol. The van der Waals surface area contributed by atoms with Gasteiger partial charge in [-0.15, -0.1) is 0 Å². The molecule has 4 heteroatoms. The number of fused-ring (bicyclic) bond motifs is 1. The summed E-state index contributed by atoms with van der Waals surface area (Å²) in [6, 6.07) is 6.36. The summed E-state index contributed by atoms with van der Waals surface area (Å²) in [5.41, 5.74) is 3.33. The Bertz CT molecular complexity index is 487. The van der Waals surface area contributed by atoms with Gasteiger partial charge in [-0.3, -0.25) is 4.90 Å². The molecule has 2 unspecified atom stereocenters. The molecule has 2 aliphatic rings. The number of ether oxygens (including phenoxy) is 1. The highest BCUT2D eigenvalue weighted by Gasteiger charge is 2.44. The molecule has 2 saturated heterocycles. The van der Waals surface area contributed by atoms with Crippen molar-refractivity contribution in [3.05, 3.63) is 29.3 Å². The first-order valence-electron chi connectivity index (χ1n) is 6.44. The van der Waals surface area contributed by atoms with Gasteiger partial charge in [-0.05, 0) is 38.4 Å². The van der Waals surface area contributed by atoms with Gasteiger partial charge in [0, 0.05) is 6.54 Å². The second-order valence-corrected chi connectivity index (χ2v) is 5.14. The van der Waals surface area contributed by atoms with Crippen LogP contribution in [0.25, 0.3) is 0 Å². The molecule has 2 aliphatic heterocycles. The fraction of sp³-hybridized carbons (Fsp3) is 0.500. The topological polar surface area (TPSA) is 41.6 Å². The standard InChI is InChI=1S/C14H18N2O2/c1-9-3-4-11(10(2)7-9)16-12-5-6-15-8-13(12)18-14(16)17/h3-4,7,12-13,15H,5-6,8H2,1-2H3. The molecule has 0 spiro atoms. The number of anilines is 1. The smallest absolute Gasteiger partial charge is 0.415 e. The summed E-state index contributed by atoms with van der Waals surface area (Å²) in [6.07, 6.45) is 0.733. The van der Waals surface area contributed by atoms with E-state index in [4.69, 9.17) is 4.74 Å². The van der Waals surface area contributed by atoms with E-state index in [0.29, 0.717) is 0 Å². The van der Waals surface area contributed by atoms with Gasteiger partial charge in [0.2, 0.25) is 0 Å². The molecule has 0 aromatic heterocycles. The van der Waals surface area contributed by atoms with Crippen LogP contribution >= 0.6 is 0 Å². The molecule has 4 nitrogen and oxygen atoms in total. The van der Waals surface area contributed by atoms with E-state index in [1.165, 1.54) is 5.56 Å². The van der Waals surface area contributed by atoms with Crippen molar-refractivity contribution < 1.29 is 9.53 Å². The average Bonchev–Trinajstić information content (AvgIpc) is 2.66. The number of nitrogens with zero attached hydrogens (tertiary/aromatic N) is 1. The van der Waals surface area contributed by atoms with Crippen molar-refractivity contribution in [2.45, 2.75) is 32.4 Å². The van der Waals surface area contributed by atoms with Crippen LogP contribution in [0.3, 0.4) is 0 Å². The number of nitrogens with one attached hydrogen (secondary N) is 1. The third kappa shape index (κ3) is 1.77. The fourth-order valence-electron chi connectivity index (χ4n) is 2.91. The minimum Gasteiger partial charge on any atom is -0.442 e. The maximum Gasteiger partial charge on any atom is 0.415 e. The summed E-state index contributed by atoms with van der Waals surface area (Å²) in [5.74, 6) is 0. The van der Waals surface area contributed by atoms with Crippen LogP contribution in [0.2, 0.25) is 0 Å². The number of carbonyl (C=O) groups is 1. The number of hydrogen-bond donors (Lipinski definition) is 1. The zero-order valence-electron chi connectivity index (χ0n) is 10.8. The van der Waals surface area contributed by atoms with Gasteiger partial charge < -0.3 is 10.1 Å². The Balaban J connectivity index is 1.97. The fourth-order valence-corrected chi connectivity index (χ4v) is 2.91. The molecule has 2 heterocycles. The average molecular weight is 246 g/mol. The van der Waals surface area contributed by atoms with Crippen molar-refractivity contribution in [3.63, 3.8) is 0 Å². The van der Waals surface area contributed by atoms with E-state index in [1.54, 1.807) is 0 Å². The lowest BCUT2D eigenvalue weighted by Crippen LogP contribution is -2.47. The van der Waals surface area contributed by atoms with Crippen LogP contribution in [-0.2, 0) is 4.74 Å². The summed E-state index contributed by atoms with van der Waals surface area (Å²) in [4.78, 5) is 13.9. The van der Waals surface area contributed by atoms with E-state index in [9.17, 15) is 4.79 Å². The minimum atomic E-state index is -0.208. The van der Waals surface area contributed by atoms with Crippen molar-refractivity contribution in [3.8, 4) is 0 Å². The third-order valence-corrected chi connectivity index (χ3v) is 3.78. The number of piperidine rings is 1. The predicted molar refractivity (Wildman–Crippen MR) is 69.9 cm³/mol. The largest absolute Gasteiger partial charge is 0.442 e. The Hall–Kier alpha value is -1.55. The highest BCUT2D eigenvalue weighted by atomic mass is 16.6. The quantitative estimate of drug-likeness (QED) is 0.824. The molecule has 1 N–H and O–H groups in total. The van der Waals surface area contributed by atoms with Crippen LogP contribution in [-0.4, -0.2) is 31.3 Å². The molecule has 1 aromatic carbocycles. The van der Waals surface area contributed by atoms with Crippen LogP contribution in [0.1, 0.15) is 17.5 Å². The predicted octanol–water partition coefficient (Wildman–Crippen LogP) is 1.99. The SMILES string of the molecule is Cc1ccc(N2C(=O)OC3CNCCC32)c(C)c1. The molecule has 0 radical (unpaired) electrons. The molecule has 18 heavy (non-hydrogen) atoms. The lowest BCUT2D eigenvalue weighted by atomic mass is 10.0. The van der Waals surface area contributed by atoms with Gasteiger partial charge in [-0.1, -0.05) is 17.7 Å². The first-order chi connectivity index (χ1) is 8.66. The first-order valence-corrected chi connectivity index (χ1v) is 6.44. The molecule has 96 valence electrons. The van der Waals surface area contributed by atoms with Gasteiger partial charge in [0.05, 0.1) is 11.7 Å². The van der Waals surface area contributed by atoms with E-state index in [-0.39, 0.29) is 18.2 Å². The Morgan fingerprint density at radius 1 is 1.39 bits per heavy atom. The van der Waals surface area contributed by atoms with Gasteiger partial charge in [0.25, 0.3) is 0 Å². The molecule has 1 amide bonds. The van der Waals surface area contributed by atoms with Crippen molar-refractivity contribution in [2.75, 3.05) is 18.0 Å². The summed E-state index contributed by atoms with van der Waals surface area (Å²) in [5, 5.41) is 3.27. The van der Waals surface area contributed by atoms with E-state index in [1.807, 2.05) is 24.0 Å². The van der Waals surface area contributed by atoms with Crippen molar-refractivity contribution in [1.29, 1.82) is 0 Å². The molecule has 2 atom stereocenters. The number of amides is 1. The molecule has 0 saturated carbocycles. The summed E-state index contributed by atoms with van der Waals surface area (Å²) in [7, 11) is 0. The molecule has 3 rings (SSSR count). The maximum atomic E-state index is 12.1. The number of benzene rings is 1. The maximum absolute atomic E-state index is 12.1. The van der Waals surface area contributed by atoms with Crippen molar-refractivity contribution >= 4 is 11.8 Å². The summed E-state index contributed by atoms with van der Waals surface area (Å²) in [6.45, 7) is 5.81. The number of carbonyl (C=O) groups excluding carboxylic acids is 1. The van der Waals surface area contributed by atoms with E-state index in [0.717, 1.165) is 30.8 Å².